The van der Waals surface area contributed by atoms with Crippen LogP contribution in [0.2, 0.25) is 0 Å². The number of anilines is 1. The molecule has 2 aromatic carbocycles. The van der Waals surface area contributed by atoms with Crippen molar-refractivity contribution in [1.29, 1.82) is 0 Å². The molecule has 0 aliphatic carbocycles. The van der Waals surface area contributed by atoms with Gasteiger partial charge in [-0.1, -0.05) is 23.8 Å². The van der Waals surface area contributed by atoms with Crippen molar-refractivity contribution in [2.24, 2.45) is 0 Å². The van der Waals surface area contributed by atoms with Gasteiger partial charge in [-0.15, -0.1) is 0 Å². The molecule has 1 amide bonds. The van der Waals surface area contributed by atoms with E-state index in [2.05, 4.69) is 36.1 Å². The first-order valence-electron chi connectivity index (χ1n) is 8.46. The van der Waals surface area contributed by atoms with Crippen molar-refractivity contribution in [3.05, 3.63) is 53.6 Å². The number of piperazine rings is 1. The van der Waals surface area contributed by atoms with Crippen LogP contribution < -0.4 is 14.4 Å². The van der Waals surface area contributed by atoms with Gasteiger partial charge in [-0.2, -0.15) is 0 Å². The van der Waals surface area contributed by atoms with Gasteiger partial charge in [0.1, 0.15) is 17.1 Å². The minimum Gasteiger partial charge on any atom is -0.496 e. The second-order valence-corrected chi connectivity index (χ2v) is 6.15. The molecule has 0 unspecified atom stereocenters. The number of methoxy groups -OCH3 is 2. The Kier molecular flexibility index (Phi) is 5.12. The van der Waals surface area contributed by atoms with Crippen molar-refractivity contribution in [2.45, 2.75) is 6.92 Å². The van der Waals surface area contributed by atoms with Gasteiger partial charge in [0.15, 0.2) is 0 Å². The van der Waals surface area contributed by atoms with Crippen LogP contribution >= 0.6 is 0 Å². The predicted molar refractivity (Wildman–Crippen MR) is 98.8 cm³/mol. The quantitative estimate of drug-likeness (QED) is 0.858. The van der Waals surface area contributed by atoms with Crippen LogP contribution in [-0.4, -0.2) is 51.2 Å². The number of nitrogens with zero attached hydrogens (tertiary/aromatic N) is 2. The van der Waals surface area contributed by atoms with E-state index in [9.17, 15) is 4.79 Å². The maximum atomic E-state index is 13.0. The van der Waals surface area contributed by atoms with Gasteiger partial charge in [0.05, 0.1) is 14.2 Å². The van der Waals surface area contributed by atoms with Gasteiger partial charge in [0.25, 0.3) is 5.91 Å². The fraction of sp³-hybridized carbons (Fsp3) is 0.350. The zero-order valence-corrected chi connectivity index (χ0v) is 15.0. The topological polar surface area (TPSA) is 42.0 Å². The third-order valence-corrected chi connectivity index (χ3v) is 4.61. The Morgan fingerprint density at radius 1 is 0.880 bits per heavy atom. The normalized spacial score (nSPS) is 14.4. The molecule has 0 spiro atoms. The largest absolute Gasteiger partial charge is 0.496 e. The van der Waals surface area contributed by atoms with Gasteiger partial charge in [-0.05, 0) is 31.2 Å². The second-order valence-electron chi connectivity index (χ2n) is 6.15. The minimum atomic E-state index is -0.0437. The highest BCUT2D eigenvalue weighted by Gasteiger charge is 2.27. The lowest BCUT2D eigenvalue weighted by molar-refractivity contribution is 0.0740. The third-order valence-electron chi connectivity index (χ3n) is 4.61. The first kappa shape index (κ1) is 17.1. The molecule has 5 heteroatoms. The second kappa shape index (κ2) is 7.47. The van der Waals surface area contributed by atoms with E-state index >= 15 is 0 Å². The maximum Gasteiger partial charge on any atom is 0.261 e. The lowest BCUT2D eigenvalue weighted by atomic mass is 10.1. The lowest BCUT2D eigenvalue weighted by Gasteiger charge is -2.36. The van der Waals surface area contributed by atoms with E-state index in [1.165, 1.54) is 11.3 Å². The van der Waals surface area contributed by atoms with Crippen LogP contribution in [0.25, 0.3) is 0 Å². The van der Waals surface area contributed by atoms with Crippen LogP contribution in [0.15, 0.2) is 42.5 Å². The van der Waals surface area contributed by atoms with Crippen molar-refractivity contribution < 1.29 is 14.3 Å². The summed E-state index contributed by atoms with van der Waals surface area (Å²) >= 11 is 0. The molecule has 5 nitrogen and oxygen atoms in total. The summed E-state index contributed by atoms with van der Waals surface area (Å²) in [5.74, 6) is 1.05. The molecule has 2 aromatic rings. The highest BCUT2D eigenvalue weighted by Crippen LogP contribution is 2.30. The zero-order valence-electron chi connectivity index (χ0n) is 15.0. The summed E-state index contributed by atoms with van der Waals surface area (Å²) in [5, 5.41) is 0. The molecule has 1 saturated heterocycles. The summed E-state index contributed by atoms with van der Waals surface area (Å²) in [6.45, 7) is 5.06. The van der Waals surface area contributed by atoms with Gasteiger partial charge in [-0.3, -0.25) is 4.79 Å². The molecular weight excluding hydrogens is 316 g/mol. The fourth-order valence-corrected chi connectivity index (χ4v) is 3.14. The molecule has 3 rings (SSSR count). The third kappa shape index (κ3) is 3.55. The van der Waals surface area contributed by atoms with Gasteiger partial charge < -0.3 is 19.3 Å². The van der Waals surface area contributed by atoms with E-state index in [4.69, 9.17) is 9.47 Å². The Morgan fingerprint density at radius 2 is 1.44 bits per heavy atom. The number of rotatable bonds is 4. The number of ether oxygens (including phenoxy) is 2. The van der Waals surface area contributed by atoms with E-state index in [0.29, 0.717) is 30.2 Å². The lowest BCUT2D eigenvalue weighted by Crippen LogP contribution is -2.48. The van der Waals surface area contributed by atoms with Crippen LogP contribution in [0.3, 0.4) is 0 Å². The van der Waals surface area contributed by atoms with Crippen LogP contribution in [-0.2, 0) is 0 Å². The molecule has 1 aliphatic rings. The highest BCUT2D eigenvalue weighted by atomic mass is 16.5. The van der Waals surface area contributed by atoms with Gasteiger partial charge in [0, 0.05) is 31.9 Å². The van der Waals surface area contributed by atoms with E-state index in [1.807, 2.05) is 11.0 Å². The Labute approximate surface area is 148 Å². The zero-order chi connectivity index (χ0) is 17.8. The smallest absolute Gasteiger partial charge is 0.261 e. The number of carbonyl (C=O) groups is 1. The Bertz CT molecular complexity index is 713. The number of hydrogen-bond acceptors (Lipinski definition) is 4. The van der Waals surface area contributed by atoms with E-state index in [0.717, 1.165) is 13.1 Å². The highest BCUT2D eigenvalue weighted by molar-refractivity contribution is 5.99. The summed E-state index contributed by atoms with van der Waals surface area (Å²) in [6, 6.07) is 13.9. The summed E-state index contributed by atoms with van der Waals surface area (Å²) in [6.07, 6.45) is 0. The average molecular weight is 340 g/mol. The van der Waals surface area contributed by atoms with Crippen LogP contribution in [0, 0.1) is 6.92 Å². The van der Waals surface area contributed by atoms with Crippen molar-refractivity contribution >= 4 is 11.6 Å². The van der Waals surface area contributed by atoms with Gasteiger partial charge >= 0.3 is 0 Å². The first-order chi connectivity index (χ1) is 12.1. The molecule has 0 aromatic heterocycles. The number of aryl methyl sites for hydroxylation is 1. The van der Waals surface area contributed by atoms with E-state index in [-0.39, 0.29) is 5.91 Å². The summed E-state index contributed by atoms with van der Waals surface area (Å²) in [7, 11) is 3.14. The maximum absolute atomic E-state index is 13.0. The predicted octanol–water partition coefficient (Wildman–Crippen LogP) is 2.97. The van der Waals surface area contributed by atoms with Gasteiger partial charge in [-0.25, -0.2) is 0 Å². The van der Waals surface area contributed by atoms with Crippen molar-refractivity contribution in [3.8, 4) is 11.5 Å². The Balaban J connectivity index is 1.73. The SMILES string of the molecule is COc1cccc(OC)c1C(=O)N1CCN(c2ccc(C)cc2)CC1. The molecule has 0 radical (unpaired) electrons. The van der Waals surface area contributed by atoms with E-state index in [1.54, 1.807) is 26.4 Å². The summed E-state index contributed by atoms with van der Waals surface area (Å²) in [4.78, 5) is 17.2. The Hall–Kier alpha value is -2.69. The Morgan fingerprint density at radius 3 is 1.96 bits per heavy atom. The number of amides is 1. The first-order valence-corrected chi connectivity index (χ1v) is 8.46. The molecule has 1 fully saturated rings. The standard InChI is InChI=1S/C20H24N2O3/c1-15-7-9-16(10-8-15)21-11-13-22(14-12-21)20(23)19-17(24-2)5-4-6-18(19)25-3/h4-10H,11-14H2,1-3H3. The fourth-order valence-electron chi connectivity index (χ4n) is 3.14. The minimum absolute atomic E-state index is 0.0437. The van der Waals surface area contributed by atoms with Crippen molar-refractivity contribution in [2.75, 3.05) is 45.3 Å². The molecule has 0 saturated carbocycles. The van der Waals surface area contributed by atoms with Crippen LogP contribution in [0.5, 0.6) is 11.5 Å². The van der Waals surface area contributed by atoms with Crippen LogP contribution in [0.1, 0.15) is 15.9 Å². The van der Waals surface area contributed by atoms with Crippen molar-refractivity contribution in [3.63, 3.8) is 0 Å². The molecule has 0 atom stereocenters. The van der Waals surface area contributed by atoms with Crippen LogP contribution in [0.4, 0.5) is 5.69 Å². The molecule has 25 heavy (non-hydrogen) atoms. The molecule has 132 valence electrons. The molecule has 0 N–H and O–H groups in total. The summed E-state index contributed by atoms with van der Waals surface area (Å²) < 4.78 is 10.7. The molecule has 0 bridgehead atoms. The van der Waals surface area contributed by atoms with Gasteiger partial charge in [0.2, 0.25) is 0 Å². The summed E-state index contributed by atoms with van der Waals surface area (Å²) in [5.41, 5.74) is 2.95. The molecule has 1 heterocycles. The molecule has 1 aliphatic heterocycles. The average Bonchev–Trinajstić information content (AvgIpc) is 2.67. The monoisotopic (exact) mass is 340 g/mol. The van der Waals surface area contributed by atoms with Crippen molar-refractivity contribution in [1.82, 2.24) is 4.90 Å². The number of benzene rings is 2. The number of hydrogen-bond donors (Lipinski definition) is 0. The molecular formula is C20H24N2O3. The van der Waals surface area contributed by atoms with E-state index < -0.39 is 0 Å². The number of carbonyl (C=O) groups excluding carboxylic acids is 1.